The fourth-order valence-corrected chi connectivity index (χ4v) is 3.06. The van der Waals surface area contributed by atoms with Gasteiger partial charge in [0.15, 0.2) is 0 Å². The van der Waals surface area contributed by atoms with Crippen molar-refractivity contribution in [3.8, 4) is 0 Å². The van der Waals surface area contributed by atoms with E-state index in [0.717, 1.165) is 18.9 Å². The second kappa shape index (κ2) is 5.94. The maximum absolute atomic E-state index is 12.1. The van der Waals surface area contributed by atoms with E-state index in [9.17, 15) is 4.79 Å². The van der Waals surface area contributed by atoms with E-state index in [1.54, 1.807) is 0 Å². The van der Waals surface area contributed by atoms with Crippen LogP contribution in [0.1, 0.15) is 60.8 Å². The van der Waals surface area contributed by atoms with E-state index in [2.05, 4.69) is 6.92 Å². The van der Waals surface area contributed by atoms with E-state index < -0.39 is 0 Å². The number of hydrogen-bond donors (Lipinski definition) is 0. The van der Waals surface area contributed by atoms with Gasteiger partial charge in [-0.1, -0.05) is 20.8 Å². The van der Waals surface area contributed by atoms with E-state index in [1.807, 2.05) is 39.5 Å². The summed E-state index contributed by atoms with van der Waals surface area (Å²) in [5, 5.41) is 0. The lowest BCUT2D eigenvalue weighted by Crippen LogP contribution is -2.46. The largest absolute Gasteiger partial charge is 0.444 e. The maximum atomic E-state index is 12.1. The predicted molar refractivity (Wildman–Crippen MR) is 74.6 cm³/mol. The van der Waals surface area contributed by atoms with Gasteiger partial charge in [-0.05, 0) is 51.9 Å². The highest BCUT2D eigenvalue weighted by atomic mass is 16.6. The molecule has 3 unspecified atom stereocenters. The summed E-state index contributed by atoms with van der Waals surface area (Å²) in [5.74, 6) is 1.48. The van der Waals surface area contributed by atoms with Gasteiger partial charge in [0.2, 0.25) is 0 Å². The monoisotopic (exact) mass is 255 g/mol. The molecule has 3 atom stereocenters. The Kier molecular flexibility index (Phi) is 5.06. The van der Waals surface area contributed by atoms with Crippen LogP contribution in [0.25, 0.3) is 0 Å². The van der Waals surface area contributed by atoms with Crippen LogP contribution < -0.4 is 0 Å². The molecular formula is C15H29NO2. The molecule has 3 nitrogen and oxygen atoms in total. The van der Waals surface area contributed by atoms with Crippen molar-refractivity contribution in [2.24, 2.45) is 11.8 Å². The number of fused-ring (bicyclic) bond motifs is 2. The molecule has 1 heterocycles. The number of carbonyl (C=O) groups is 1. The normalized spacial score (nSPS) is 30.6. The van der Waals surface area contributed by atoms with Gasteiger partial charge < -0.3 is 9.64 Å². The van der Waals surface area contributed by atoms with Crippen molar-refractivity contribution in [2.75, 3.05) is 6.54 Å². The molecule has 1 saturated carbocycles. The minimum Gasteiger partial charge on any atom is -0.444 e. The van der Waals surface area contributed by atoms with Gasteiger partial charge in [-0.15, -0.1) is 0 Å². The molecule has 0 spiro atoms. The minimum atomic E-state index is -0.379. The molecule has 3 heteroatoms. The Balaban J connectivity index is 0.000000771. The van der Waals surface area contributed by atoms with Gasteiger partial charge in [0.05, 0.1) is 0 Å². The van der Waals surface area contributed by atoms with E-state index in [0.29, 0.717) is 12.0 Å². The van der Waals surface area contributed by atoms with Crippen LogP contribution in [0, 0.1) is 11.8 Å². The van der Waals surface area contributed by atoms with Crippen LogP contribution in [-0.2, 0) is 4.74 Å². The van der Waals surface area contributed by atoms with Crippen molar-refractivity contribution in [1.29, 1.82) is 0 Å². The summed E-state index contributed by atoms with van der Waals surface area (Å²) in [4.78, 5) is 14.0. The zero-order valence-electron chi connectivity index (χ0n) is 12.8. The molecule has 1 aliphatic heterocycles. The third-order valence-corrected chi connectivity index (χ3v) is 3.74. The fraction of sp³-hybridized carbons (Fsp3) is 0.933. The number of nitrogens with zero attached hydrogens (tertiary/aromatic N) is 1. The fourth-order valence-electron chi connectivity index (χ4n) is 3.06. The van der Waals surface area contributed by atoms with E-state index in [-0.39, 0.29) is 11.7 Å². The SMILES string of the molecule is CC.CC1CC2CCN(C(=O)OC(C)(C)C)C1C2. The predicted octanol–water partition coefficient (Wildman–Crippen LogP) is 4.07. The second-order valence-corrected chi connectivity index (χ2v) is 6.34. The average molecular weight is 255 g/mol. The zero-order chi connectivity index (χ0) is 13.9. The summed E-state index contributed by atoms with van der Waals surface area (Å²) >= 11 is 0. The van der Waals surface area contributed by atoms with Crippen LogP contribution in [0.3, 0.4) is 0 Å². The van der Waals surface area contributed by atoms with Crippen LogP contribution >= 0.6 is 0 Å². The molecule has 18 heavy (non-hydrogen) atoms. The first kappa shape index (κ1) is 15.3. The second-order valence-electron chi connectivity index (χ2n) is 6.34. The van der Waals surface area contributed by atoms with Crippen molar-refractivity contribution in [1.82, 2.24) is 4.90 Å². The van der Waals surface area contributed by atoms with Gasteiger partial charge in [0, 0.05) is 12.6 Å². The van der Waals surface area contributed by atoms with Crippen LogP contribution in [0.2, 0.25) is 0 Å². The Morgan fingerprint density at radius 3 is 2.39 bits per heavy atom. The number of rotatable bonds is 0. The minimum absolute atomic E-state index is 0.121. The van der Waals surface area contributed by atoms with Crippen LogP contribution in [-0.4, -0.2) is 29.2 Å². The smallest absolute Gasteiger partial charge is 0.410 e. The van der Waals surface area contributed by atoms with E-state index in [1.165, 1.54) is 12.8 Å². The Hall–Kier alpha value is -0.730. The highest BCUT2D eigenvalue weighted by Crippen LogP contribution is 2.40. The molecule has 1 saturated heterocycles. The Morgan fingerprint density at radius 2 is 1.83 bits per heavy atom. The van der Waals surface area contributed by atoms with Gasteiger partial charge in [0.25, 0.3) is 0 Å². The number of carbonyl (C=O) groups excluding carboxylic acids is 1. The highest BCUT2D eigenvalue weighted by Gasteiger charge is 2.42. The lowest BCUT2D eigenvalue weighted by molar-refractivity contribution is 0.00827. The highest BCUT2D eigenvalue weighted by molar-refractivity contribution is 5.68. The van der Waals surface area contributed by atoms with Gasteiger partial charge in [-0.3, -0.25) is 0 Å². The third kappa shape index (κ3) is 3.63. The number of hydrogen-bond acceptors (Lipinski definition) is 2. The van der Waals surface area contributed by atoms with Crippen molar-refractivity contribution >= 4 is 6.09 Å². The number of amides is 1. The van der Waals surface area contributed by atoms with Crippen molar-refractivity contribution < 1.29 is 9.53 Å². The van der Waals surface area contributed by atoms with Crippen LogP contribution in [0.4, 0.5) is 4.79 Å². The lowest BCUT2D eigenvalue weighted by Gasteiger charge is -2.36. The lowest BCUT2D eigenvalue weighted by atomic mass is 9.99. The van der Waals surface area contributed by atoms with Gasteiger partial charge in [-0.25, -0.2) is 4.79 Å². The van der Waals surface area contributed by atoms with Crippen molar-refractivity contribution in [3.63, 3.8) is 0 Å². The molecule has 0 N–H and O–H groups in total. The van der Waals surface area contributed by atoms with Gasteiger partial charge in [0.1, 0.15) is 5.60 Å². The Bertz CT molecular complexity index is 283. The number of likely N-dealkylation sites (tertiary alicyclic amines) is 1. The first-order valence-corrected chi connectivity index (χ1v) is 7.36. The average Bonchev–Trinajstić information content (AvgIpc) is 2.55. The van der Waals surface area contributed by atoms with Gasteiger partial charge in [-0.2, -0.15) is 0 Å². The zero-order valence-corrected chi connectivity index (χ0v) is 12.8. The molecule has 0 aromatic rings. The first-order valence-electron chi connectivity index (χ1n) is 7.36. The topological polar surface area (TPSA) is 29.5 Å². The number of piperidine rings is 1. The molecule has 1 aliphatic carbocycles. The maximum Gasteiger partial charge on any atom is 0.410 e. The summed E-state index contributed by atoms with van der Waals surface area (Å²) in [6.07, 6.45) is 3.49. The summed E-state index contributed by atoms with van der Waals surface area (Å²) < 4.78 is 5.46. The standard InChI is InChI=1S/C13H23NO2.C2H6/c1-9-7-10-5-6-14(11(9)8-10)12(15)16-13(2,3)4;1-2/h9-11H,5-8H2,1-4H3;1-2H3. The van der Waals surface area contributed by atoms with Crippen LogP contribution in [0.15, 0.2) is 0 Å². The molecule has 2 bridgehead atoms. The Morgan fingerprint density at radius 1 is 1.22 bits per heavy atom. The first-order chi connectivity index (χ1) is 8.37. The molecule has 2 fully saturated rings. The van der Waals surface area contributed by atoms with E-state index >= 15 is 0 Å². The molecular weight excluding hydrogens is 226 g/mol. The van der Waals surface area contributed by atoms with E-state index in [4.69, 9.17) is 4.74 Å². The summed E-state index contributed by atoms with van der Waals surface area (Å²) in [5.41, 5.74) is -0.379. The van der Waals surface area contributed by atoms with Crippen molar-refractivity contribution in [2.45, 2.75) is 72.4 Å². The molecule has 0 aromatic heterocycles. The number of ether oxygens (including phenoxy) is 1. The Labute approximate surface area is 112 Å². The third-order valence-electron chi connectivity index (χ3n) is 3.74. The molecule has 0 radical (unpaired) electrons. The summed E-state index contributed by atoms with van der Waals surface area (Å²) in [6, 6.07) is 0.425. The molecule has 1 amide bonds. The summed E-state index contributed by atoms with van der Waals surface area (Å²) in [7, 11) is 0. The van der Waals surface area contributed by atoms with Crippen LogP contribution in [0.5, 0.6) is 0 Å². The molecule has 2 rings (SSSR count). The molecule has 0 aromatic carbocycles. The van der Waals surface area contributed by atoms with Crippen molar-refractivity contribution in [3.05, 3.63) is 0 Å². The van der Waals surface area contributed by atoms with Gasteiger partial charge >= 0.3 is 6.09 Å². The molecule has 2 aliphatic rings. The quantitative estimate of drug-likeness (QED) is 0.653. The summed E-state index contributed by atoms with van der Waals surface area (Å²) in [6.45, 7) is 12.9. The molecule has 106 valence electrons.